The number of rotatable bonds is 91. The number of carbonyl (C=O) groups excluding carboxylic acids is 5. The number of hydrogen-bond acceptors (Lipinski definition) is 19. The van der Waals surface area contributed by atoms with Gasteiger partial charge in [-0.3, -0.25) is 24.0 Å². The van der Waals surface area contributed by atoms with E-state index in [-0.39, 0.29) is 109 Å². The van der Waals surface area contributed by atoms with Crippen molar-refractivity contribution < 1.29 is 115 Å². The molecule has 0 aromatic rings. The summed E-state index contributed by atoms with van der Waals surface area (Å²) in [5, 5.41) is 78.2. The number of unbranched alkanes of at least 4 members (excludes halogenated alkanes) is 44. The number of carbonyl (C=O) groups is 5. The molecule has 0 aliphatic heterocycles. The van der Waals surface area contributed by atoms with Gasteiger partial charge in [0, 0.05) is 113 Å². The summed E-state index contributed by atoms with van der Waals surface area (Å²) < 4.78 is 27.3. The number of methoxy groups -OCH3 is 1. The van der Waals surface area contributed by atoms with Crippen molar-refractivity contribution in [3.8, 4) is 0 Å². The average molecular weight is 1930 g/mol. The van der Waals surface area contributed by atoms with E-state index in [1.165, 1.54) is 136 Å². The van der Waals surface area contributed by atoms with Gasteiger partial charge in [-0.2, -0.15) is 0 Å². The first-order valence-electron chi connectivity index (χ1n) is 55.1. The molecule has 19 nitrogen and oxygen atoms in total. The van der Waals surface area contributed by atoms with Gasteiger partial charge in [0.1, 0.15) is 12.2 Å². The molecule has 0 rings (SSSR count). The number of aliphatic hydroxyl groups is 9. The molecule has 0 heterocycles. The number of aliphatic hydroxyl groups excluding tert-OH is 9. The monoisotopic (exact) mass is 1930 g/mol. The third-order valence-corrected chi connectivity index (χ3v) is 22.5. The minimum atomic E-state index is -0.201. The Labute approximate surface area is 835 Å². The molecule has 0 bridgehead atoms. The van der Waals surface area contributed by atoms with Gasteiger partial charge in [0.05, 0.1) is 38.6 Å². The maximum Gasteiger partial charge on any atom is 0.306 e. The second kappa shape index (κ2) is 135. The third-order valence-electron chi connectivity index (χ3n) is 22.5. The predicted octanol–water partition coefficient (Wildman–Crippen LogP) is 29.2. The quantitative estimate of drug-likeness (QED) is 0.00898. The zero-order chi connectivity index (χ0) is 99.1. The summed E-state index contributed by atoms with van der Waals surface area (Å²) in [5.74, 6) is -0.574. The van der Waals surface area contributed by atoms with Crippen LogP contribution in [-0.2, 0) is 69.4 Å². The Balaban J connectivity index is -0.000000437. The molecule has 5 atom stereocenters. The van der Waals surface area contributed by atoms with Crippen LogP contribution in [0.25, 0.3) is 0 Å². The van der Waals surface area contributed by atoms with Gasteiger partial charge >= 0.3 is 29.8 Å². The Kier molecular flexibility index (Phi) is 147. The number of allylic oxidation sites excluding steroid dienone is 5. The van der Waals surface area contributed by atoms with Crippen LogP contribution in [0.15, 0.2) is 60.8 Å². The summed E-state index contributed by atoms with van der Waals surface area (Å²) in [6, 6.07) is 0. The van der Waals surface area contributed by atoms with E-state index in [4.69, 9.17) is 49.6 Å². The van der Waals surface area contributed by atoms with Crippen molar-refractivity contribution >= 4 is 29.8 Å². The van der Waals surface area contributed by atoms with E-state index in [9.17, 15) is 39.3 Å². The van der Waals surface area contributed by atoms with Crippen LogP contribution in [0.5, 0.6) is 0 Å². The van der Waals surface area contributed by atoms with E-state index < -0.39 is 0 Å². The van der Waals surface area contributed by atoms with Crippen LogP contribution < -0.4 is 0 Å². The summed E-state index contributed by atoms with van der Waals surface area (Å²) in [6.07, 6.45) is 97.3. The molecule has 5 unspecified atom stereocenters. The van der Waals surface area contributed by atoms with E-state index in [1.54, 1.807) is 0 Å². The molecule has 133 heavy (non-hydrogen) atoms. The molecule has 0 saturated heterocycles. The predicted molar refractivity (Wildman–Crippen MR) is 557 cm³/mol. The molecule has 0 saturated carbocycles. The Bertz CT molecular complexity index is 2200. The van der Waals surface area contributed by atoms with Gasteiger partial charge in [0.15, 0.2) is 0 Å². The fraction of sp³-hybridized carbons (Fsp3) is 0.867. The van der Waals surface area contributed by atoms with Crippen molar-refractivity contribution in [1.82, 2.24) is 0 Å². The maximum absolute atomic E-state index is 12.7. The average Bonchev–Trinajstić information content (AvgIpc) is 0.963. The summed E-state index contributed by atoms with van der Waals surface area (Å²) in [6.45, 7) is 21.4. The zero-order valence-corrected chi connectivity index (χ0v) is 90.0. The van der Waals surface area contributed by atoms with Crippen LogP contribution in [-0.4, -0.2) is 166 Å². The largest absolute Gasteiger partial charge is 0.469 e. The van der Waals surface area contributed by atoms with Crippen molar-refractivity contribution in [3.63, 3.8) is 0 Å². The van der Waals surface area contributed by atoms with E-state index in [1.807, 2.05) is 0 Å². The molecule has 790 valence electrons. The molecule has 0 fully saturated rings. The van der Waals surface area contributed by atoms with E-state index in [2.05, 4.69) is 128 Å². The topological polar surface area (TPSA) is 314 Å². The molecular weight excluding hydrogens is 1710 g/mol. The van der Waals surface area contributed by atoms with Gasteiger partial charge in [0.2, 0.25) is 0 Å². The molecule has 20 heteroatoms. The molecule has 0 radical (unpaired) electrons. The SMILES string of the molecule is CCCCCCC(O)C/C=C/CCCCCCCC(=O)OC.CCCCCCC(O)C/C=C/CCCCCCCC(=O)OC(C/C=C/CCCCCCCC(=O)OCCCOC(=O)CCCCCCC/C=C/CC(CCCCCC)OC(=O)CCCCCCC/C=C/CC(O)CCCCCC)CCCCCC.CCCCO.CCCCO.CCCCO.CCCCO.OCCCO.[Ti]. The van der Waals surface area contributed by atoms with E-state index in [0.717, 1.165) is 308 Å². The minimum Gasteiger partial charge on any atom is -0.469 e. The smallest absolute Gasteiger partial charge is 0.306 e. The van der Waals surface area contributed by atoms with Crippen LogP contribution in [0, 0.1) is 0 Å². The van der Waals surface area contributed by atoms with Gasteiger partial charge in [-0.05, 0) is 193 Å². The van der Waals surface area contributed by atoms with Crippen molar-refractivity contribution in [1.29, 1.82) is 0 Å². The zero-order valence-electron chi connectivity index (χ0n) is 88.5. The van der Waals surface area contributed by atoms with Crippen LogP contribution >= 0.6 is 0 Å². The van der Waals surface area contributed by atoms with Crippen molar-refractivity contribution in [2.24, 2.45) is 0 Å². The van der Waals surface area contributed by atoms with Crippen molar-refractivity contribution in [2.75, 3.05) is 60.0 Å². The second-order valence-corrected chi connectivity index (χ2v) is 36.0. The van der Waals surface area contributed by atoms with E-state index in [0.29, 0.717) is 71.4 Å². The molecule has 0 aromatic heterocycles. The van der Waals surface area contributed by atoms with Gasteiger partial charge < -0.3 is 69.6 Å². The fourth-order valence-corrected chi connectivity index (χ4v) is 13.8. The summed E-state index contributed by atoms with van der Waals surface area (Å²) in [7, 11) is 1.44. The van der Waals surface area contributed by atoms with E-state index >= 15 is 0 Å². The van der Waals surface area contributed by atoms with Gasteiger partial charge in [0.25, 0.3) is 0 Å². The molecule has 0 aliphatic rings. The Morgan fingerprint density at radius 1 is 0.218 bits per heavy atom. The molecule has 9 N–H and O–H groups in total. The molecule has 0 aliphatic carbocycles. The summed E-state index contributed by atoms with van der Waals surface area (Å²) >= 11 is 0. The third kappa shape index (κ3) is 144. The number of esters is 5. The first-order valence-corrected chi connectivity index (χ1v) is 55.1. The van der Waals surface area contributed by atoms with Gasteiger partial charge in [-0.25, -0.2) is 0 Å². The summed E-state index contributed by atoms with van der Waals surface area (Å²) in [4.78, 5) is 60.9. The Hall–Kier alpha value is -3.60. The second-order valence-electron chi connectivity index (χ2n) is 36.0. The van der Waals surface area contributed by atoms with Gasteiger partial charge in [-0.15, -0.1) is 0 Å². The molecule has 0 aromatic carbocycles. The number of hydrogen-bond donors (Lipinski definition) is 9. The maximum atomic E-state index is 12.7. The van der Waals surface area contributed by atoms with Crippen molar-refractivity contribution in [3.05, 3.63) is 60.8 Å². The molecule has 0 spiro atoms. The van der Waals surface area contributed by atoms with Gasteiger partial charge in [-0.1, -0.05) is 361 Å². The standard InChI is InChI=1S/C75H136O10.C19H36O3.4C4H10O.C3H8O2.Ti/c1-5-9-13-41-54-68(76)56-43-33-25-17-21-31-39-51-64-74(80)84-70(58-45-15-11-7-3)60-47-35-27-19-23-29-37-49-62-72(78)82-66-53-67-83-73(79)63-50-38-30-24-20-28-36-48-61-71(59-46-16-12-8-4)85-75(81)65-52-40-32-22-18-26-34-44-57-69(77)55-42-14-10-6-2;1-3-4-5-12-15-18(20)16-13-10-8-6-7-9-11-14-17-19(21)22-2;4*1-2-3-4-5;4-2-1-3-5;/h33-36,43-44,47-48,68-71,76-77H,5-32,37-42,45-46,49-67H2,1-4H3;10,13,18,20H,3-9,11-12,14-17H2,1-2H3;4*5H,2-4H2,1H3;4-5H,1-3H2;/b43-33+,44-34+,47-35+,48-36+;13-10+;;;;;;. The van der Waals surface area contributed by atoms with Crippen LogP contribution in [0.4, 0.5) is 0 Å². The normalized spacial score (nSPS) is 12.2. The van der Waals surface area contributed by atoms with Crippen molar-refractivity contribution in [2.45, 2.75) is 574 Å². The van der Waals surface area contributed by atoms with Crippen LogP contribution in [0.3, 0.4) is 0 Å². The minimum absolute atomic E-state index is 0. The summed E-state index contributed by atoms with van der Waals surface area (Å²) in [5.41, 5.74) is 0. The number of ether oxygens (including phenoxy) is 5. The Morgan fingerprint density at radius 3 is 0.639 bits per heavy atom. The Morgan fingerprint density at radius 2 is 0.421 bits per heavy atom. The first-order chi connectivity index (χ1) is 64.4. The molecular formula is C113H220O19Ti. The molecule has 0 amide bonds. The fourth-order valence-electron chi connectivity index (χ4n) is 13.8. The van der Waals surface area contributed by atoms with Crippen LogP contribution in [0.1, 0.15) is 544 Å². The van der Waals surface area contributed by atoms with Crippen LogP contribution in [0.2, 0.25) is 0 Å². The first kappa shape index (κ1) is 145.